The summed E-state index contributed by atoms with van der Waals surface area (Å²) in [4.78, 5) is 20.5. The quantitative estimate of drug-likeness (QED) is 0.142. The number of aryl methyl sites for hydroxylation is 2. The van der Waals surface area contributed by atoms with Crippen LogP contribution in [-0.4, -0.2) is 11.4 Å². The summed E-state index contributed by atoms with van der Waals surface area (Å²) in [5.41, 5.74) is 23.7. The summed E-state index contributed by atoms with van der Waals surface area (Å²) in [5.74, 6) is 1.75. The number of hydrogen-bond acceptors (Lipinski definition) is 2. The first-order chi connectivity index (χ1) is 34.8. The third kappa shape index (κ3) is 9.74. The second-order valence-corrected chi connectivity index (χ2v) is 22.0. The van der Waals surface area contributed by atoms with Gasteiger partial charge in [0.15, 0.2) is 0 Å². The van der Waals surface area contributed by atoms with Crippen molar-refractivity contribution >= 4 is 68.3 Å². The van der Waals surface area contributed by atoms with Gasteiger partial charge in [-0.05, 0) is 163 Å². The molecule has 2 aromatic heterocycles. The number of aromatic nitrogens is 2. The molecule has 2 aliphatic carbocycles. The van der Waals surface area contributed by atoms with E-state index in [1.54, 1.807) is 0 Å². The van der Waals surface area contributed by atoms with Gasteiger partial charge in [0, 0.05) is 21.2 Å². The fourth-order valence-corrected chi connectivity index (χ4v) is 11.3. The van der Waals surface area contributed by atoms with Crippen LogP contribution in [0.15, 0.2) is 166 Å². The molecule has 7 heteroatoms. The second kappa shape index (κ2) is 20.6. The molecule has 0 saturated carbocycles. The number of fused-ring (bicyclic) bond motifs is 8. The molecule has 12 rings (SSSR count). The smallest absolute Gasteiger partial charge is 0.656 e. The Morgan fingerprint density at radius 3 is 1.25 bits per heavy atom. The second-order valence-electron chi connectivity index (χ2n) is 21.1. The summed E-state index contributed by atoms with van der Waals surface area (Å²) in [7, 11) is 0. The van der Waals surface area contributed by atoms with E-state index in [-0.39, 0.29) is 17.1 Å². The molecule has 0 unspecified atom stereocenters. The zero-order valence-electron chi connectivity index (χ0n) is 42.8. The average Bonchev–Trinajstić information content (AvgIpc) is 4.16. The number of halogens is 2. The molecule has 0 fully saturated rings. The molecule has 4 aliphatic rings. The Hall–Kier alpha value is -6.20. The number of allylic oxidation sites excluding steroid dienone is 4. The van der Waals surface area contributed by atoms with E-state index in [2.05, 4.69) is 189 Å². The molecular formula is C66H60Cl2CuN4. The van der Waals surface area contributed by atoms with Crippen molar-refractivity contribution < 1.29 is 17.1 Å². The van der Waals surface area contributed by atoms with Gasteiger partial charge in [0.25, 0.3) is 0 Å². The molecule has 0 spiro atoms. The molecular weight excluding hydrogens is 983 g/mol. The van der Waals surface area contributed by atoms with Crippen LogP contribution in [0.4, 0.5) is 0 Å². The van der Waals surface area contributed by atoms with Gasteiger partial charge in [-0.15, -0.1) is 22.8 Å². The summed E-state index contributed by atoms with van der Waals surface area (Å²) >= 11 is 13.0. The topological polar surface area (TPSA) is 52.9 Å². The van der Waals surface area contributed by atoms with E-state index in [0.29, 0.717) is 23.7 Å². The van der Waals surface area contributed by atoms with Crippen LogP contribution in [0.5, 0.6) is 0 Å². The molecule has 73 heavy (non-hydrogen) atoms. The summed E-state index contributed by atoms with van der Waals surface area (Å²) in [5, 5.41) is 5.86. The van der Waals surface area contributed by atoms with Crippen LogP contribution in [-0.2, 0) is 29.9 Å². The number of aliphatic imine (C=N–C) groups is 2. The van der Waals surface area contributed by atoms with E-state index in [9.17, 15) is 0 Å². The molecule has 0 N–H and O–H groups in total. The van der Waals surface area contributed by atoms with Gasteiger partial charge in [0.05, 0.1) is 22.8 Å². The van der Waals surface area contributed by atoms with Crippen LogP contribution in [0, 0.1) is 0 Å². The third-order valence-corrected chi connectivity index (χ3v) is 15.4. The van der Waals surface area contributed by atoms with Crippen LogP contribution in [0.25, 0.3) is 56.2 Å². The van der Waals surface area contributed by atoms with E-state index in [0.717, 1.165) is 103 Å². The normalized spacial score (nSPS) is 15.8. The monoisotopic (exact) mass is 1040 g/mol. The summed E-state index contributed by atoms with van der Waals surface area (Å²) in [6.07, 6.45) is 12.9. The molecule has 369 valence electrons. The maximum Gasteiger partial charge on any atom is 2.00 e. The van der Waals surface area contributed by atoms with Crippen molar-refractivity contribution in [2.75, 3.05) is 0 Å². The number of rotatable bonds is 8. The standard InChI is InChI=1S/2C33H30ClN2.Cu/c2*1-19(2)22-11-13-28(29(16-22)20(3)4)33-30-17-24(34)12-14-27(30)31(36-33)18-25-15-23-10-9-21-7-5-6-8-26(21)32(23)35-25;/h2*5-8,11-20H,9-10H2,1-4H3;/q2*-1;+2/b2*25-18-;. The largest absolute Gasteiger partial charge is 2.00 e. The molecule has 1 radical (unpaired) electrons. The first kappa shape index (κ1) is 50.3. The zero-order valence-corrected chi connectivity index (χ0v) is 45.3. The Bertz CT molecular complexity index is 3440. The van der Waals surface area contributed by atoms with E-state index in [1.807, 2.05) is 12.1 Å². The van der Waals surface area contributed by atoms with Crippen molar-refractivity contribution in [3.63, 3.8) is 0 Å². The Labute approximate surface area is 451 Å². The predicted molar refractivity (Wildman–Crippen MR) is 307 cm³/mol. The van der Waals surface area contributed by atoms with E-state index in [1.165, 1.54) is 66.8 Å². The van der Waals surface area contributed by atoms with Crippen molar-refractivity contribution in [3.8, 4) is 22.5 Å². The van der Waals surface area contributed by atoms with Gasteiger partial charge in [-0.1, -0.05) is 188 Å². The Kier molecular flexibility index (Phi) is 14.2. The minimum absolute atomic E-state index is 0. The zero-order chi connectivity index (χ0) is 49.9. The number of hydrogen-bond donors (Lipinski definition) is 0. The van der Waals surface area contributed by atoms with Crippen LogP contribution in [0.3, 0.4) is 0 Å². The van der Waals surface area contributed by atoms with Crippen LogP contribution in [0.2, 0.25) is 10.0 Å². The number of nitrogens with zero attached hydrogens (tertiary/aromatic N) is 4. The van der Waals surface area contributed by atoms with Gasteiger partial charge in [-0.25, -0.2) is 9.98 Å². The van der Waals surface area contributed by atoms with E-state index < -0.39 is 0 Å². The van der Waals surface area contributed by atoms with Gasteiger partial charge in [-0.3, -0.25) is 0 Å². The minimum Gasteiger partial charge on any atom is -0.656 e. The maximum atomic E-state index is 6.48. The van der Waals surface area contributed by atoms with E-state index >= 15 is 0 Å². The number of benzene rings is 6. The van der Waals surface area contributed by atoms with Gasteiger partial charge in [0.1, 0.15) is 0 Å². The van der Waals surface area contributed by atoms with Crippen LogP contribution >= 0.6 is 23.2 Å². The van der Waals surface area contributed by atoms with E-state index in [4.69, 9.17) is 43.2 Å². The molecule has 6 aromatic carbocycles. The fourth-order valence-electron chi connectivity index (χ4n) is 11.0. The minimum atomic E-state index is 0. The van der Waals surface area contributed by atoms with Crippen molar-refractivity contribution in [1.82, 2.24) is 9.97 Å². The molecule has 8 aromatic rings. The molecule has 2 aliphatic heterocycles. The molecule has 0 atom stereocenters. The predicted octanol–water partition coefficient (Wildman–Crippen LogP) is 18.2. The van der Waals surface area contributed by atoms with Gasteiger partial charge < -0.3 is 9.97 Å². The molecule has 4 heterocycles. The Balaban J connectivity index is 0.000000165. The summed E-state index contributed by atoms with van der Waals surface area (Å²) in [6, 6.07) is 43.1. The Morgan fingerprint density at radius 2 is 0.849 bits per heavy atom. The molecule has 0 amide bonds. The summed E-state index contributed by atoms with van der Waals surface area (Å²) in [6.45, 7) is 18.0. The summed E-state index contributed by atoms with van der Waals surface area (Å²) < 4.78 is 0. The maximum absolute atomic E-state index is 6.48. The average molecular weight is 1040 g/mol. The van der Waals surface area contributed by atoms with Crippen molar-refractivity contribution in [2.45, 2.75) is 105 Å². The van der Waals surface area contributed by atoms with Gasteiger partial charge >= 0.3 is 17.1 Å². The van der Waals surface area contributed by atoms with Crippen LogP contribution in [0.1, 0.15) is 148 Å². The fraction of sp³-hybridized carbons (Fsp3) is 0.242. The van der Waals surface area contributed by atoms with Crippen molar-refractivity contribution in [3.05, 3.63) is 222 Å². The first-order valence-corrected chi connectivity index (χ1v) is 26.5. The van der Waals surface area contributed by atoms with Gasteiger partial charge in [-0.2, -0.15) is 0 Å². The SMILES string of the molecule is CC(C)c1ccc(-c2[n-]c(/C=C3/C=C4CCc5ccccc5C4=N3)c3ccc(Cl)cc23)c(C(C)C)c1.CC(C)c1ccc(-c2[n-]c(/C=C3/C=C4CCc5ccccc5C4=N3)c3ccc(Cl)cc23)c(C(C)C)c1.[Cu+2]. The third-order valence-electron chi connectivity index (χ3n) is 14.9. The molecule has 4 nitrogen and oxygen atoms in total. The molecule has 0 bridgehead atoms. The van der Waals surface area contributed by atoms with Crippen LogP contribution < -0.4 is 9.97 Å². The molecule has 0 saturated heterocycles. The Morgan fingerprint density at radius 1 is 0.438 bits per heavy atom. The first-order valence-electron chi connectivity index (χ1n) is 25.8. The van der Waals surface area contributed by atoms with Gasteiger partial charge in [0.2, 0.25) is 0 Å². The van der Waals surface area contributed by atoms with Crippen molar-refractivity contribution in [1.29, 1.82) is 0 Å². The van der Waals surface area contributed by atoms with Crippen molar-refractivity contribution in [2.24, 2.45) is 9.98 Å².